The lowest BCUT2D eigenvalue weighted by Gasteiger charge is -2.19. The Morgan fingerprint density at radius 3 is 3.05 bits per heavy atom. The fraction of sp³-hybridized carbons (Fsp3) is 0.667. The van der Waals surface area contributed by atoms with Crippen LogP contribution < -0.4 is 11.1 Å². The molecule has 3 heterocycles. The Balaban J connectivity index is 0.00000133. The third kappa shape index (κ3) is 3.08. The third-order valence-electron chi connectivity index (χ3n) is 3.57. The van der Waals surface area contributed by atoms with Crippen LogP contribution in [-0.4, -0.2) is 35.7 Å². The van der Waals surface area contributed by atoms with Gasteiger partial charge in [-0.05, 0) is 25.8 Å². The largest absolute Gasteiger partial charge is 0.373 e. The highest BCUT2D eigenvalue weighted by Gasteiger charge is 2.41. The first kappa shape index (κ1) is 14.7. The van der Waals surface area contributed by atoms with Crippen molar-refractivity contribution in [2.75, 3.05) is 6.54 Å². The molecule has 0 spiro atoms. The van der Waals surface area contributed by atoms with Crippen LogP contribution in [0.25, 0.3) is 0 Å². The summed E-state index contributed by atoms with van der Waals surface area (Å²) < 4.78 is 5.72. The molecule has 2 aliphatic heterocycles. The van der Waals surface area contributed by atoms with Crippen molar-refractivity contribution in [3.8, 4) is 0 Å². The van der Waals surface area contributed by atoms with Crippen LogP contribution in [0.2, 0.25) is 0 Å². The molecule has 0 aromatic carbocycles. The summed E-state index contributed by atoms with van der Waals surface area (Å²) in [5.74, 6) is -0.0873. The number of hydrogen-bond acceptors (Lipinski definition) is 5. The maximum atomic E-state index is 12.0. The summed E-state index contributed by atoms with van der Waals surface area (Å²) in [6.45, 7) is 0.564. The molecule has 0 aliphatic carbocycles. The molecule has 3 rings (SSSR count). The molecule has 1 amide bonds. The Morgan fingerprint density at radius 2 is 2.42 bits per heavy atom. The Hall–Kier alpha value is -0.690. The molecule has 1 aromatic heterocycles. The average molecular weight is 304 g/mol. The molecule has 2 aliphatic rings. The van der Waals surface area contributed by atoms with Gasteiger partial charge in [-0.1, -0.05) is 0 Å². The van der Waals surface area contributed by atoms with Gasteiger partial charge in [-0.15, -0.1) is 23.7 Å². The molecule has 0 radical (unpaired) electrons. The smallest absolute Gasteiger partial charge is 0.271 e. The number of nitrogens with zero attached hydrogens (tertiary/aromatic N) is 1. The number of hydrogen-bond donors (Lipinski definition) is 2. The summed E-state index contributed by atoms with van der Waals surface area (Å²) in [6, 6.07) is 0.163. The lowest BCUT2D eigenvalue weighted by molar-refractivity contribution is 0.0838. The second-order valence-electron chi connectivity index (χ2n) is 4.85. The Bertz CT molecular complexity index is 454. The summed E-state index contributed by atoms with van der Waals surface area (Å²) >= 11 is 1.49. The van der Waals surface area contributed by atoms with Gasteiger partial charge in [0.2, 0.25) is 0 Å². The molecule has 106 valence electrons. The van der Waals surface area contributed by atoms with Gasteiger partial charge in [-0.3, -0.25) is 4.79 Å². The van der Waals surface area contributed by atoms with Crippen LogP contribution in [0, 0.1) is 0 Å². The number of thiazole rings is 1. The van der Waals surface area contributed by atoms with E-state index in [1.54, 1.807) is 5.38 Å². The third-order valence-corrected chi connectivity index (χ3v) is 4.47. The molecule has 2 saturated heterocycles. The Morgan fingerprint density at radius 1 is 1.58 bits per heavy atom. The van der Waals surface area contributed by atoms with E-state index in [1.165, 1.54) is 11.3 Å². The molecule has 7 heteroatoms. The minimum Gasteiger partial charge on any atom is -0.373 e. The molecule has 19 heavy (non-hydrogen) atoms. The van der Waals surface area contributed by atoms with Gasteiger partial charge >= 0.3 is 0 Å². The van der Waals surface area contributed by atoms with E-state index in [1.807, 2.05) is 0 Å². The molecule has 2 fully saturated rings. The highest BCUT2D eigenvalue weighted by molar-refractivity contribution is 7.09. The van der Waals surface area contributed by atoms with E-state index in [2.05, 4.69) is 10.3 Å². The lowest BCUT2D eigenvalue weighted by atomic mass is 9.95. The van der Waals surface area contributed by atoms with Crippen molar-refractivity contribution in [2.45, 2.75) is 43.9 Å². The van der Waals surface area contributed by atoms with Gasteiger partial charge < -0.3 is 15.8 Å². The number of aromatic nitrogens is 1. The predicted octanol–water partition coefficient (Wildman–Crippen LogP) is 1.12. The van der Waals surface area contributed by atoms with Gasteiger partial charge in [0.05, 0.1) is 23.3 Å². The highest BCUT2D eigenvalue weighted by atomic mass is 35.5. The molecule has 2 bridgehead atoms. The zero-order chi connectivity index (χ0) is 12.5. The maximum absolute atomic E-state index is 12.0. The van der Waals surface area contributed by atoms with Gasteiger partial charge in [0.15, 0.2) is 0 Å². The summed E-state index contributed by atoms with van der Waals surface area (Å²) in [7, 11) is 0. The first-order valence-corrected chi connectivity index (χ1v) is 7.25. The van der Waals surface area contributed by atoms with Crippen molar-refractivity contribution in [1.82, 2.24) is 10.3 Å². The van der Waals surface area contributed by atoms with E-state index in [9.17, 15) is 4.79 Å². The van der Waals surface area contributed by atoms with Crippen LogP contribution in [0.15, 0.2) is 5.38 Å². The molecule has 3 atom stereocenters. The van der Waals surface area contributed by atoms with Crippen molar-refractivity contribution in [3.05, 3.63) is 16.1 Å². The van der Waals surface area contributed by atoms with Crippen LogP contribution in [0.3, 0.4) is 0 Å². The van der Waals surface area contributed by atoms with Gasteiger partial charge in [-0.2, -0.15) is 0 Å². The number of amides is 1. The van der Waals surface area contributed by atoms with Gasteiger partial charge in [0, 0.05) is 11.8 Å². The number of fused-ring (bicyclic) bond motifs is 2. The number of nitrogens with two attached hydrogens (primary N) is 1. The van der Waals surface area contributed by atoms with E-state index in [4.69, 9.17) is 10.5 Å². The Labute approximate surface area is 122 Å². The quantitative estimate of drug-likeness (QED) is 0.874. The fourth-order valence-corrected chi connectivity index (χ4v) is 3.48. The van der Waals surface area contributed by atoms with Crippen molar-refractivity contribution < 1.29 is 9.53 Å². The van der Waals surface area contributed by atoms with Crippen molar-refractivity contribution in [2.24, 2.45) is 5.73 Å². The number of ether oxygens (including phenoxy) is 1. The molecule has 1 aromatic rings. The maximum Gasteiger partial charge on any atom is 0.271 e. The van der Waals surface area contributed by atoms with Crippen LogP contribution in [0.4, 0.5) is 0 Å². The molecular formula is C12H18ClN3O2S. The second-order valence-corrected chi connectivity index (χ2v) is 5.80. The van der Waals surface area contributed by atoms with E-state index < -0.39 is 0 Å². The van der Waals surface area contributed by atoms with Crippen molar-refractivity contribution in [3.63, 3.8) is 0 Å². The van der Waals surface area contributed by atoms with Gasteiger partial charge in [0.1, 0.15) is 5.69 Å². The van der Waals surface area contributed by atoms with Crippen LogP contribution in [0.5, 0.6) is 0 Å². The minimum atomic E-state index is -0.0873. The molecule has 5 nitrogen and oxygen atoms in total. The van der Waals surface area contributed by atoms with Crippen molar-refractivity contribution >= 4 is 29.7 Å². The predicted molar refractivity (Wildman–Crippen MR) is 75.9 cm³/mol. The monoisotopic (exact) mass is 303 g/mol. The number of rotatable bonds is 4. The van der Waals surface area contributed by atoms with Gasteiger partial charge in [-0.25, -0.2) is 4.98 Å². The van der Waals surface area contributed by atoms with E-state index in [0.29, 0.717) is 18.3 Å². The summed E-state index contributed by atoms with van der Waals surface area (Å²) in [5, 5.41) is 5.75. The zero-order valence-corrected chi connectivity index (χ0v) is 12.1. The number of carbonyl (C=O) groups excluding carboxylic acids is 1. The van der Waals surface area contributed by atoms with Crippen LogP contribution in [0.1, 0.15) is 34.8 Å². The Kier molecular flexibility index (Phi) is 4.78. The first-order valence-electron chi connectivity index (χ1n) is 6.37. The summed E-state index contributed by atoms with van der Waals surface area (Å²) in [4.78, 5) is 16.3. The van der Waals surface area contributed by atoms with E-state index >= 15 is 0 Å². The molecule has 0 saturated carbocycles. The normalized spacial score (nSPS) is 28.2. The second kappa shape index (κ2) is 6.17. The summed E-state index contributed by atoms with van der Waals surface area (Å²) in [5.41, 5.74) is 5.97. The summed E-state index contributed by atoms with van der Waals surface area (Å²) in [6.07, 6.45) is 4.43. The van der Waals surface area contributed by atoms with Crippen LogP contribution in [-0.2, 0) is 11.2 Å². The van der Waals surface area contributed by atoms with E-state index in [0.717, 1.165) is 30.7 Å². The van der Waals surface area contributed by atoms with Crippen LogP contribution >= 0.6 is 23.7 Å². The van der Waals surface area contributed by atoms with E-state index in [-0.39, 0.29) is 30.5 Å². The topological polar surface area (TPSA) is 77.2 Å². The lowest BCUT2D eigenvalue weighted by Crippen LogP contribution is -2.41. The molecule has 3 unspecified atom stereocenters. The molecular weight excluding hydrogens is 286 g/mol. The number of carbonyl (C=O) groups is 1. The fourth-order valence-electron chi connectivity index (χ4n) is 2.69. The van der Waals surface area contributed by atoms with Crippen molar-refractivity contribution in [1.29, 1.82) is 0 Å². The van der Waals surface area contributed by atoms with Gasteiger partial charge in [0.25, 0.3) is 5.91 Å². The minimum absolute atomic E-state index is 0. The average Bonchev–Trinajstić information content (AvgIpc) is 3.04. The zero-order valence-electron chi connectivity index (χ0n) is 10.5. The SMILES string of the molecule is Cl.NCCc1nc(C(=O)NC2CC3CCC2O3)cs1. The first-order chi connectivity index (χ1) is 8.76. The number of nitrogens with one attached hydrogen (secondary N) is 1. The standard InChI is InChI=1S/C12H17N3O2S.ClH/c13-4-3-11-14-9(6-18-11)12(16)15-8-5-7-1-2-10(8)17-7;/h6-8,10H,1-5,13H2,(H,15,16);1H. The molecule has 3 N–H and O–H groups in total. The number of halogens is 1. The highest BCUT2D eigenvalue weighted by Crippen LogP contribution is 2.34.